The van der Waals surface area contributed by atoms with Crippen LogP contribution in [0, 0.1) is 6.92 Å². The van der Waals surface area contributed by atoms with Crippen LogP contribution in [0.1, 0.15) is 43.2 Å². The van der Waals surface area contributed by atoms with Crippen molar-refractivity contribution in [2.75, 3.05) is 12.0 Å². The molecule has 1 aliphatic heterocycles. The molecule has 156 valence electrons. The maximum Gasteiger partial charge on any atom is 0.251 e. The zero-order valence-corrected chi connectivity index (χ0v) is 17.6. The van der Waals surface area contributed by atoms with E-state index < -0.39 is 5.54 Å². The smallest absolute Gasteiger partial charge is 0.251 e. The van der Waals surface area contributed by atoms with E-state index in [2.05, 4.69) is 5.32 Å². The Morgan fingerprint density at radius 3 is 2.50 bits per heavy atom. The second-order valence-corrected chi connectivity index (χ2v) is 8.20. The average molecular weight is 405 g/mol. The molecule has 0 aromatic heterocycles. The molecule has 0 bridgehead atoms. The van der Waals surface area contributed by atoms with Crippen molar-refractivity contribution in [2.24, 2.45) is 0 Å². The first-order valence-corrected chi connectivity index (χ1v) is 10.6. The van der Waals surface area contributed by atoms with Gasteiger partial charge in [-0.25, -0.2) is 0 Å². The van der Waals surface area contributed by atoms with Crippen molar-refractivity contribution in [1.82, 2.24) is 5.32 Å². The monoisotopic (exact) mass is 404 g/mol. The van der Waals surface area contributed by atoms with E-state index in [0.29, 0.717) is 0 Å². The van der Waals surface area contributed by atoms with Gasteiger partial charge in [0.05, 0.1) is 13.5 Å². The number of nitrogens with one attached hydrogen (secondary N) is 1. The van der Waals surface area contributed by atoms with Gasteiger partial charge < -0.3 is 10.1 Å². The maximum absolute atomic E-state index is 13.5. The molecule has 1 saturated heterocycles. The van der Waals surface area contributed by atoms with Gasteiger partial charge in [-0.2, -0.15) is 0 Å². The molecule has 30 heavy (non-hydrogen) atoms. The number of methoxy groups -OCH3 is 1. The lowest BCUT2D eigenvalue weighted by molar-refractivity contribution is -0.137. The average Bonchev–Trinajstić information content (AvgIpc) is 3.25. The Labute approximate surface area is 177 Å². The third-order valence-electron chi connectivity index (χ3n) is 6.12. The summed E-state index contributed by atoms with van der Waals surface area (Å²) in [5.41, 5.74) is 1.69. The van der Waals surface area contributed by atoms with Crippen LogP contribution in [0.15, 0.2) is 54.6 Å². The van der Waals surface area contributed by atoms with Gasteiger partial charge in [0.2, 0.25) is 5.91 Å². The molecule has 1 atom stereocenters. The molecular weight excluding hydrogens is 376 g/mol. The number of benzene rings is 2. The first-order chi connectivity index (χ1) is 14.5. The second kappa shape index (κ2) is 8.34. The van der Waals surface area contributed by atoms with E-state index in [4.69, 9.17) is 4.74 Å². The van der Waals surface area contributed by atoms with E-state index >= 15 is 0 Å². The molecule has 1 saturated carbocycles. The summed E-state index contributed by atoms with van der Waals surface area (Å²) in [6.45, 7) is 2.00. The van der Waals surface area contributed by atoms with Crippen molar-refractivity contribution in [1.29, 1.82) is 0 Å². The highest BCUT2D eigenvalue weighted by Gasteiger charge is 2.56. The minimum Gasteiger partial charge on any atom is -0.496 e. The number of amides is 2. The Hall–Kier alpha value is -3.08. The van der Waals surface area contributed by atoms with E-state index in [1.165, 1.54) is 0 Å². The highest BCUT2D eigenvalue weighted by atomic mass is 16.5. The van der Waals surface area contributed by atoms with Crippen LogP contribution in [0.25, 0.3) is 6.08 Å². The van der Waals surface area contributed by atoms with Crippen LogP contribution in [0.3, 0.4) is 0 Å². The van der Waals surface area contributed by atoms with Gasteiger partial charge in [-0.1, -0.05) is 54.8 Å². The van der Waals surface area contributed by atoms with Crippen LogP contribution in [0.2, 0.25) is 0 Å². The SMILES string of the molecule is COc1ccccc1/C=C/[C@]1(C(=O)NC2CCCC2)CC(=O)N1c1ccc(C)cc1. The normalized spacial score (nSPS) is 21.7. The van der Waals surface area contributed by atoms with Crippen molar-refractivity contribution in [3.05, 3.63) is 65.7 Å². The molecule has 1 aliphatic carbocycles. The molecule has 0 spiro atoms. The summed E-state index contributed by atoms with van der Waals surface area (Å²) in [5, 5.41) is 3.20. The van der Waals surface area contributed by atoms with E-state index in [1.54, 1.807) is 12.0 Å². The van der Waals surface area contributed by atoms with Crippen LogP contribution >= 0.6 is 0 Å². The van der Waals surface area contributed by atoms with Crippen molar-refractivity contribution in [2.45, 2.75) is 50.6 Å². The van der Waals surface area contributed by atoms with Gasteiger partial charge in [0.15, 0.2) is 5.54 Å². The van der Waals surface area contributed by atoms with E-state index in [0.717, 1.165) is 48.2 Å². The van der Waals surface area contributed by atoms with Gasteiger partial charge in [0.25, 0.3) is 5.91 Å². The Kier molecular flexibility index (Phi) is 5.62. The van der Waals surface area contributed by atoms with Gasteiger partial charge >= 0.3 is 0 Å². The summed E-state index contributed by atoms with van der Waals surface area (Å²) < 4.78 is 5.44. The molecule has 2 aromatic rings. The molecule has 1 N–H and O–H groups in total. The Morgan fingerprint density at radius 2 is 1.83 bits per heavy atom. The standard InChI is InChI=1S/C25H28N2O3/c1-18-11-13-21(14-12-18)27-23(28)17-25(27,24(29)26-20-8-4-5-9-20)16-15-19-7-3-6-10-22(19)30-2/h3,6-7,10-16,20H,4-5,8-9,17H2,1-2H3,(H,26,29)/b16-15+/t25-/m1/s1. The number of hydrogen-bond donors (Lipinski definition) is 1. The Morgan fingerprint density at radius 1 is 1.13 bits per heavy atom. The largest absolute Gasteiger partial charge is 0.496 e. The first kappa shape index (κ1) is 20.2. The summed E-state index contributed by atoms with van der Waals surface area (Å²) in [6.07, 6.45) is 8.17. The van der Waals surface area contributed by atoms with Gasteiger partial charge in [0, 0.05) is 17.3 Å². The summed E-state index contributed by atoms with van der Waals surface area (Å²) >= 11 is 0. The molecule has 2 fully saturated rings. The van der Waals surface area contributed by atoms with E-state index in [-0.39, 0.29) is 24.3 Å². The molecule has 2 aromatic carbocycles. The lowest BCUT2D eigenvalue weighted by Crippen LogP contribution is -2.70. The molecule has 5 heteroatoms. The molecule has 5 nitrogen and oxygen atoms in total. The van der Waals surface area contributed by atoms with Crippen molar-refractivity contribution < 1.29 is 14.3 Å². The van der Waals surface area contributed by atoms with E-state index in [1.807, 2.05) is 67.6 Å². The molecular formula is C25H28N2O3. The van der Waals surface area contributed by atoms with Gasteiger partial charge in [-0.3, -0.25) is 14.5 Å². The van der Waals surface area contributed by atoms with Crippen molar-refractivity contribution in [3.63, 3.8) is 0 Å². The molecule has 0 radical (unpaired) electrons. The highest BCUT2D eigenvalue weighted by Crippen LogP contribution is 2.40. The quantitative estimate of drug-likeness (QED) is 0.732. The number of β-lactam (4-membered cyclic amide) rings is 1. The molecule has 2 amide bonds. The summed E-state index contributed by atoms with van der Waals surface area (Å²) in [7, 11) is 1.63. The second-order valence-electron chi connectivity index (χ2n) is 8.20. The predicted molar refractivity (Wildman–Crippen MR) is 118 cm³/mol. The van der Waals surface area contributed by atoms with E-state index in [9.17, 15) is 9.59 Å². The lowest BCUT2D eigenvalue weighted by atomic mass is 9.80. The molecule has 2 aliphatic rings. The lowest BCUT2D eigenvalue weighted by Gasteiger charge is -2.49. The van der Waals surface area contributed by atoms with Crippen LogP contribution in [0.4, 0.5) is 5.69 Å². The number of anilines is 1. The Bertz CT molecular complexity index is 961. The number of rotatable bonds is 6. The topological polar surface area (TPSA) is 58.6 Å². The van der Waals surface area contributed by atoms with Gasteiger partial charge in [-0.05, 0) is 44.0 Å². The number of ether oxygens (including phenoxy) is 1. The zero-order valence-electron chi connectivity index (χ0n) is 17.6. The fourth-order valence-electron chi connectivity index (χ4n) is 4.39. The third-order valence-corrected chi connectivity index (χ3v) is 6.12. The maximum atomic E-state index is 13.5. The number of carbonyl (C=O) groups is 2. The molecule has 4 rings (SSSR count). The van der Waals surface area contributed by atoms with Crippen LogP contribution in [-0.4, -0.2) is 30.5 Å². The van der Waals surface area contributed by atoms with Crippen LogP contribution < -0.4 is 15.0 Å². The molecule has 1 heterocycles. The van der Waals surface area contributed by atoms with Gasteiger partial charge in [0.1, 0.15) is 5.75 Å². The Balaban J connectivity index is 1.70. The number of para-hydroxylation sites is 1. The zero-order chi connectivity index (χ0) is 21.1. The third kappa shape index (κ3) is 3.72. The number of hydrogen-bond acceptors (Lipinski definition) is 3. The minimum atomic E-state index is -1.03. The number of carbonyl (C=O) groups excluding carboxylic acids is 2. The summed E-state index contributed by atoms with van der Waals surface area (Å²) in [6, 6.07) is 15.6. The first-order valence-electron chi connectivity index (χ1n) is 10.6. The predicted octanol–water partition coefficient (Wildman–Crippen LogP) is 4.25. The van der Waals surface area contributed by atoms with Crippen LogP contribution in [-0.2, 0) is 9.59 Å². The number of nitrogens with zero attached hydrogens (tertiary/aromatic N) is 1. The van der Waals surface area contributed by atoms with Crippen molar-refractivity contribution in [3.8, 4) is 5.75 Å². The summed E-state index contributed by atoms with van der Waals surface area (Å²) in [4.78, 5) is 27.8. The fraction of sp³-hybridized carbons (Fsp3) is 0.360. The summed E-state index contributed by atoms with van der Waals surface area (Å²) in [5.74, 6) is 0.568. The van der Waals surface area contributed by atoms with Gasteiger partial charge in [-0.15, -0.1) is 0 Å². The molecule has 0 unspecified atom stereocenters. The van der Waals surface area contributed by atoms with Crippen molar-refractivity contribution >= 4 is 23.6 Å². The van der Waals surface area contributed by atoms with Crippen LogP contribution in [0.5, 0.6) is 5.75 Å². The highest BCUT2D eigenvalue weighted by molar-refractivity contribution is 6.15. The number of aryl methyl sites for hydroxylation is 1. The minimum absolute atomic E-state index is 0.0508. The fourth-order valence-corrected chi connectivity index (χ4v) is 4.39.